The fraction of sp³-hybridized carbons (Fsp3) is 0.0714. The highest BCUT2D eigenvalue weighted by molar-refractivity contribution is 5.88. The van der Waals surface area contributed by atoms with Crippen LogP contribution >= 0.6 is 0 Å². The Hall–Kier alpha value is -2.69. The molecular formula is C14H11N3O2. The summed E-state index contributed by atoms with van der Waals surface area (Å²) >= 11 is 0. The fourth-order valence-electron chi connectivity index (χ4n) is 2.03. The molecule has 0 bridgehead atoms. The van der Waals surface area contributed by atoms with Crippen LogP contribution in [0.5, 0.6) is 0 Å². The van der Waals surface area contributed by atoms with Gasteiger partial charge in [-0.3, -0.25) is 4.40 Å². The molecule has 0 unspecified atom stereocenters. The van der Waals surface area contributed by atoms with E-state index < -0.39 is 5.97 Å². The van der Waals surface area contributed by atoms with Crippen LogP contribution in [0.2, 0.25) is 0 Å². The Kier molecular flexibility index (Phi) is 2.52. The lowest BCUT2D eigenvalue weighted by Gasteiger charge is -2.03. The van der Waals surface area contributed by atoms with Crippen LogP contribution in [-0.2, 0) is 0 Å². The normalized spacial score (nSPS) is 10.8. The molecule has 0 aliphatic rings. The van der Waals surface area contributed by atoms with Gasteiger partial charge < -0.3 is 5.11 Å². The van der Waals surface area contributed by atoms with E-state index in [2.05, 4.69) is 10.2 Å². The predicted molar refractivity (Wildman–Crippen MR) is 70.1 cm³/mol. The van der Waals surface area contributed by atoms with Crippen molar-refractivity contribution in [3.05, 3.63) is 53.7 Å². The van der Waals surface area contributed by atoms with Gasteiger partial charge in [-0.1, -0.05) is 24.3 Å². The molecule has 0 saturated carbocycles. The van der Waals surface area contributed by atoms with E-state index in [1.54, 1.807) is 16.7 Å². The summed E-state index contributed by atoms with van der Waals surface area (Å²) in [7, 11) is 0. The quantitative estimate of drug-likeness (QED) is 0.761. The van der Waals surface area contributed by atoms with Crippen molar-refractivity contribution in [2.24, 2.45) is 0 Å². The average Bonchev–Trinajstić information content (AvgIpc) is 2.82. The third-order valence-corrected chi connectivity index (χ3v) is 3.04. The Balaban J connectivity index is 2.22. The maximum absolute atomic E-state index is 10.9. The number of fused-ring (bicyclic) bond motifs is 1. The summed E-state index contributed by atoms with van der Waals surface area (Å²) in [6.45, 7) is 2.00. The Bertz CT molecular complexity index is 777. The standard InChI is InChI=1S/C14H11N3O2/c1-9-4-2-3-5-11(9)13-16-15-12-8-10(14(18)19)6-7-17(12)13/h2-8H,1H3,(H,18,19). The SMILES string of the molecule is Cc1ccccc1-c1nnc2cc(C(=O)O)ccn12. The number of hydrogen-bond donors (Lipinski definition) is 1. The molecular weight excluding hydrogens is 242 g/mol. The largest absolute Gasteiger partial charge is 0.478 e. The van der Waals surface area contributed by atoms with Gasteiger partial charge in [0, 0.05) is 11.8 Å². The molecule has 2 aromatic heterocycles. The van der Waals surface area contributed by atoms with Crippen LogP contribution in [0.1, 0.15) is 15.9 Å². The van der Waals surface area contributed by atoms with Gasteiger partial charge >= 0.3 is 5.97 Å². The van der Waals surface area contributed by atoms with E-state index in [4.69, 9.17) is 5.11 Å². The van der Waals surface area contributed by atoms with Crippen LogP contribution in [0.3, 0.4) is 0 Å². The van der Waals surface area contributed by atoms with E-state index in [1.807, 2.05) is 31.2 Å². The number of rotatable bonds is 2. The molecule has 0 atom stereocenters. The van der Waals surface area contributed by atoms with E-state index in [-0.39, 0.29) is 5.56 Å². The second-order valence-electron chi connectivity index (χ2n) is 4.29. The topological polar surface area (TPSA) is 67.5 Å². The summed E-state index contributed by atoms with van der Waals surface area (Å²) in [5.74, 6) is -0.256. The molecule has 1 N–H and O–H groups in total. The maximum Gasteiger partial charge on any atom is 0.335 e. The van der Waals surface area contributed by atoms with Crippen LogP contribution in [0.4, 0.5) is 0 Å². The average molecular weight is 253 g/mol. The minimum atomic E-state index is -0.969. The first-order valence-electron chi connectivity index (χ1n) is 5.81. The van der Waals surface area contributed by atoms with Crippen molar-refractivity contribution in [2.75, 3.05) is 0 Å². The molecule has 0 radical (unpaired) electrons. The van der Waals surface area contributed by atoms with Crippen molar-refractivity contribution < 1.29 is 9.90 Å². The third-order valence-electron chi connectivity index (χ3n) is 3.04. The molecule has 0 amide bonds. The third kappa shape index (κ3) is 1.85. The molecule has 0 saturated heterocycles. The Morgan fingerprint density at radius 3 is 2.74 bits per heavy atom. The summed E-state index contributed by atoms with van der Waals surface area (Å²) in [6.07, 6.45) is 1.68. The van der Waals surface area contributed by atoms with Gasteiger partial charge in [-0.15, -0.1) is 10.2 Å². The monoisotopic (exact) mass is 253 g/mol. The Morgan fingerprint density at radius 1 is 1.21 bits per heavy atom. The number of carboxylic acid groups (broad SMARTS) is 1. The first kappa shape index (κ1) is 11.4. The lowest BCUT2D eigenvalue weighted by atomic mass is 10.1. The highest BCUT2D eigenvalue weighted by Crippen LogP contribution is 2.22. The molecule has 0 aliphatic carbocycles. The van der Waals surface area contributed by atoms with Crippen molar-refractivity contribution in [2.45, 2.75) is 6.92 Å². The Labute approximate surface area is 109 Å². The number of aromatic nitrogens is 3. The molecule has 0 spiro atoms. The molecule has 5 heteroatoms. The molecule has 2 heterocycles. The van der Waals surface area contributed by atoms with Gasteiger partial charge in [0.25, 0.3) is 0 Å². The molecule has 94 valence electrons. The highest BCUT2D eigenvalue weighted by Gasteiger charge is 2.11. The molecule has 0 fully saturated rings. The van der Waals surface area contributed by atoms with E-state index in [0.29, 0.717) is 11.5 Å². The predicted octanol–water partition coefficient (Wildman–Crippen LogP) is 2.40. The molecule has 5 nitrogen and oxygen atoms in total. The minimum absolute atomic E-state index is 0.205. The molecule has 3 aromatic rings. The van der Waals surface area contributed by atoms with Gasteiger partial charge in [-0.05, 0) is 24.6 Å². The number of pyridine rings is 1. The second-order valence-corrected chi connectivity index (χ2v) is 4.29. The smallest absolute Gasteiger partial charge is 0.335 e. The molecule has 0 aliphatic heterocycles. The van der Waals surface area contributed by atoms with Gasteiger partial charge in [-0.2, -0.15) is 0 Å². The summed E-state index contributed by atoms with van der Waals surface area (Å²) in [6, 6.07) is 10.9. The van der Waals surface area contributed by atoms with Gasteiger partial charge in [0.2, 0.25) is 0 Å². The Morgan fingerprint density at radius 2 is 2.00 bits per heavy atom. The van der Waals surface area contributed by atoms with Crippen molar-refractivity contribution in [3.63, 3.8) is 0 Å². The molecule has 19 heavy (non-hydrogen) atoms. The highest BCUT2D eigenvalue weighted by atomic mass is 16.4. The van der Waals surface area contributed by atoms with Crippen LogP contribution in [-0.4, -0.2) is 25.7 Å². The lowest BCUT2D eigenvalue weighted by Crippen LogP contribution is -1.98. The minimum Gasteiger partial charge on any atom is -0.478 e. The second kappa shape index (κ2) is 4.20. The summed E-state index contributed by atoms with van der Waals surface area (Å²) in [4.78, 5) is 10.9. The van der Waals surface area contributed by atoms with Gasteiger partial charge in [0.05, 0.1) is 5.56 Å². The van der Waals surface area contributed by atoms with Gasteiger partial charge in [-0.25, -0.2) is 4.79 Å². The van der Waals surface area contributed by atoms with Crippen LogP contribution in [0.25, 0.3) is 17.0 Å². The van der Waals surface area contributed by atoms with Crippen LogP contribution < -0.4 is 0 Å². The van der Waals surface area contributed by atoms with Crippen molar-refractivity contribution in [3.8, 4) is 11.4 Å². The zero-order chi connectivity index (χ0) is 13.4. The maximum atomic E-state index is 10.9. The number of carboxylic acids is 1. The fourth-order valence-corrected chi connectivity index (χ4v) is 2.03. The van der Waals surface area contributed by atoms with E-state index >= 15 is 0 Å². The van der Waals surface area contributed by atoms with Crippen LogP contribution in [0.15, 0.2) is 42.6 Å². The number of benzene rings is 1. The van der Waals surface area contributed by atoms with Gasteiger partial charge in [0.1, 0.15) is 0 Å². The van der Waals surface area contributed by atoms with E-state index in [0.717, 1.165) is 11.1 Å². The first-order chi connectivity index (χ1) is 9.16. The van der Waals surface area contributed by atoms with E-state index in [1.165, 1.54) is 6.07 Å². The van der Waals surface area contributed by atoms with Crippen molar-refractivity contribution in [1.82, 2.24) is 14.6 Å². The summed E-state index contributed by atoms with van der Waals surface area (Å²) < 4.78 is 1.79. The number of nitrogens with zero attached hydrogens (tertiary/aromatic N) is 3. The van der Waals surface area contributed by atoms with Crippen molar-refractivity contribution in [1.29, 1.82) is 0 Å². The number of aryl methyl sites for hydroxylation is 1. The molecule has 3 rings (SSSR count). The van der Waals surface area contributed by atoms with Crippen LogP contribution in [0, 0.1) is 6.92 Å². The molecule has 1 aromatic carbocycles. The number of aromatic carboxylic acids is 1. The van der Waals surface area contributed by atoms with Crippen molar-refractivity contribution >= 4 is 11.6 Å². The number of hydrogen-bond acceptors (Lipinski definition) is 3. The zero-order valence-electron chi connectivity index (χ0n) is 10.2. The van der Waals surface area contributed by atoms with Gasteiger partial charge in [0.15, 0.2) is 11.5 Å². The van der Waals surface area contributed by atoms with E-state index in [9.17, 15) is 4.79 Å². The lowest BCUT2D eigenvalue weighted by molar-refractivity contribution is 0.0697. The summed E-state index contributed by atoms with van der Waals surface area (Å²) in [5.41, 5.74) is 2.81. The first-order valence-corrected chi connectivity index (χ1v) is 5.81. The number of carbonyl (C=O) groups is 1. The summed E-state index contributed by atoms with van der Waals surface area (Å²) in [5, 5.41) is 17.1. The zero-order valence-corrected chi connectivity index (χ0v) is 10.2.